The maximum atomic E-state index is 12.1. The van der Waals surface area contributed by atoms with Gasteiger partial charge in [-0.2, -0.15) is 8.78 Å². The Bertz CT molecular complexity index is 741. The van der Waals surface area contributed by atoms with Crippen LogP contribution in [0.3, 0.4) is 0 Å². The van der Waals surface area contributed by atoms with Gasteiger partial charge in [-0.15, -0.1) is 11.8 Å². The van der Waals surface area contributed by atoms with E-state index in [1.54, 1.807) is 43.1 Å². The average Bonchev–Trinajstić information content (AvgIpc) is 2.56. The van der Waals surface area contributed by atoms with Crippen molar-refractivity contribution >= 4 is 29.1 Å². The molecule has 2 rings (SSSR count). The standard InChI is InChI=1S/C11H14F2OS.C8H9ClN2/c1-3-4-8-7-9(15-2)5-6-10(8)14-11(12)13;1-5-3-8(9)11-4-7(5)6(2)10/h5-7,11H,3-4H2,1-2H3;3-4,10H,1-2H3. The van der Waals surface area contributed by atoms with Crippen molar-refractivity contribution in [2.24, 2.45) is 0 Å². The van der Waals surface area contributed by atoms with Crippen LogP contribution in [-0.4, -0.2) is 23.6 Å². The molecule has 0 saturated carbocycles. The van der Waals surface area contributed by atoms with E-state index in [2.05, 4.69) is 9.72 Å². The van der Waals surface area contributed by atoms with Crippen LogP contribution in [0.15, 0.2) is 35.4 Å². The first-order valence-electron chi connectivity index (χ1n) is 8.07. The highest BCUT2D eigenvalue weighted by molar-refractivity contribution is 7.98. The van der Waals surface area contributed by atoms with Crippen LogP contribution in [-0.2, 0) is 6.42 Å². The molecular formula is C19H23ClF2N2OS. The minimum Gasteiger partial charge on any atom is -0.435 e. The third-order valence-corrected chi connectivity index (χ3v) is 4.42. The van der Waals surface area contributed by atoms with Gasteiger partial charge < -0.3 is 10.1 Å². The summed E-state index contributed by atoms with van der Waals surface area (Å²) in [6, 6.07) is 7.07. The number of pyridine rings is 1. The first kappa shape index (κ1) is 22.4. The molecule has 0 aliphatic rings. The minimum atomic E-state index is -2.75. The Balaban J connectivity index is 0.000000273. The zero-order chi connectivity index (χ0) is 19.7. The van der Waals surface area contributed by atoms with Crippen molar-refractivity contribution in [2.75, 3.05) is 6.26 Å². The Kier molecular flexibility index (Phi) is 9.59. The van der Waals surface area contributed by atoms with Gasteiger partial charge in [-0.1, -0.05) is 24.9 Å². The molecule has 0 saturated heterocycles. The smallest absolute Gasteiger partial charge is 0.387 e. The second kappa shape index (κ2) is 11.1. The number of halogens is 3. The molecule has 1 aromatic heterocycles. The lowest BCUT2D eigenvalue weighted by Gasteiger charge is -2.11. The van der Waals surface area contributed by atoms with E-state index < -0.39 is 6.61 Å². The van der Waals surface area contributed by atoms with Gasteiger partial charge in [-0.3, -0.25) is 0 Å². The molecule has 0 fully saturated rings. The molecule has 1 heterocycles. The number of ether oxygens (including phenoxy) is 1. The van der Waals surface area contributed by atoms with Crippen LogP contribution in [0.5, 0.6) is 5.75 Å². The van der Waals surface area contributed by atoms with Crippen LogP contribution < -0.4 is 4.74 Å². The van der Waals surface area contributed by atoms with Crippen molar-refractivity contribution in [3.05, 3.63) is 52.3 Å². The Morgan fingerprint density at radius 2 is 2.04 bits per heavy atom. The minimum absolute atomic E-state index is 0.296. The van der Waals surface area contributed by atoms with Gasteiger partial charge in [0.25, 0.3) is 0 Å². The topological polar surface area (TPSA) is 46.0 Å². The largest absolute Gasteiger partial charge is 0.435 e. The molecule has 0 unspecified atom stereocenters. The third kappa shape index (κ3) is 7.30. The lowest BCUT2D eigenvalue weighted by Crippen LogP contribution is -2.04. The van der Waals surface area contributed by atoms with Crippen molar-refractivity contribution in [2.45, 2.75) is 45.1 Å². The van der Waals surface area contributed by atoms with E-state index >= 15 is 0 Å². The summed E-state index contributed by atoms with van der Waals surface area (Å²) >= 11 is 7.23. The average molecular weight is 401 g/mol. The molecule has 0 amide bonds. The quantitative estimate of drug-likeness (QED) is 0.347. The van der Waals surface area contributed by atoms with E-state index in [1.165, 1.54) is 0 Å². The summed E-state index contributed by atoms with van der Waals surface area (Å²) in [5.41, 5.74) is 3.23. The Hall–Kier alpha value is -1.66. The maximum Gasteiger partial charge on any atom is 0.387 e. The van der Waals surface area contributed by atoms with Crippen molar-refractivity contribution in [1.29, 1.82) is 5.41 Å². The summed E-state index contributed by atoms with van der Waals surface area (Å²) in [5, 5.41) is 7.84. The lowest BCUT2D eigenvalue weighted by molar-refractivity contribution is -0.0504. The first-order valence-corrected chi connectivity index (χ1v) is 9.68. The molecule has 1 N–H and O–H groups in total. The predicted molar refractivity (Wildman–Crippen MR) is 105 cm³/mol. The second-order valence-corrected chi connectivity index (χ2v) is 6.82. The Morgan fingerprint density at radius 1 is 1.35 bits per heavy atom. The number of thioether (sulfide) groups is 1. The van der Waals surface area contributed by atoms with Crippen molar-refractivity contribution < 1.29 is 13.5 Å². The molecule has 142 valence electrons. The van der Waals surface area contributed by atoms with Crippen molar-refractivity contribution in [3.8, 4) is 5.75 Å². The summed E-state index contributed by atoms with van der Waals surface area (Å²) in [7, 11) is 0. The van der Waals surface area contributed by atoms with Gasteiger partial charge in [-0.05, 0) is 61.9 Å². The molecular weight excluding hydrogens is 378 g/mol. The fourth-order valence-electron chi connectivity index (χ4n) is 2.27. The van der Waals surface area contributed by atoms with Crippen LogP contribution in [0.2, 0.25) is 5.15 Å². The number of hydrogen-bond acceptors (Lipinski definition) is 4. The molecule has 0 bridgehead atoms. The maximum absolute atomic E-state index is 12.1. The zero-order valence-electron chi connectivity index (χ0n) is 15.3. The fourth-order valence-corrected chi connectivity index (χ4v) is 2.95. The van der Waals surface area contributed by atoms with Crippen molar-refractivity contribution in [1.82, 2.24) is 4.98 Å². The van der Waals surface area contributed by atoms with Crippen molar-refractivity contribution in [3.63, 3.8) is 0 Å². The monoisotopic (exact) mass is 400 g/mol. The number of aryl methyl sites for hydroxylation is 2. The van der Waals surface area contributed by atoms with Gasteiger partial charge in [0.15, 0.2) is 0 Å². The molecule has 0 aliphatic carbocycles. The molecule has 0 radical (unpaired) electrons. The molecule has 26 heavy (non-hydrogen) atoms. The van der Waals surface area contributed by atoms with E-state index in [0.29, 0.717) is 16.6 Å². The highest BCUT2D eigenvalue weighted by Gasteiger charge is 2.09. The van der Waals surface area contributed by atoms with Crippen LogP contribution >= 0.6 is 23.4 Å². The summed E-state index contributed by atoms with van der Waals surface area (Å²) in [6.45, 7) is 2.91. The third-order valence-electron chi connectivity index (χ3n) is 3.48. The summed E-state index contributed by atoms with van der Waals surface area (Å²) in [4.78, 5) is 4.96. The van der Waals surface area contributed by atoms with Gasteiger partial charge >= 0.3 is 6.61 Å². The normalized spacial score (nSPS) is 10.3. The number of rotatable bonds is 6. The van der Waals surface area contributed by atoms with E-state index in [4.69, 9.17) is 17.0 Å². The number of nitrogens with one attached hydrogen (secondary N) is 1. The van der Waals surface area contributed by atoms with E-state index in [9.17, 15) is 8.78 Å². The number of alkyl halides is 2. The summed E-state index contributed by atoms with van der Waals surface area (Å²) in [6.07, 6.45) is 5.26. The Morgan fingerprint density at radius 3 is 2.54 bits per heavy atom. The fraction of sp³-hybridized carbons (Fsp3) is 0.368. The van der Waals surface area contributed by atoms with Crippen LogP contribution in [0.25, 0.3) is 0 Å². The second-order valence-electron chi connectivity index (χ2n) is 5.55. The van der Waals surface area contributed by atoms with Gasteiger partial charge in [0, 0.05) is 22.4 Å². The van der Waals surface area contributed by atoms with E-state index in [1.807, 2.05) is 26.2 Å². The number of aromatic nitrogens is 1. The van der Waals surface area contributed by atoms with Gasteiger partial charge in [0.05, 0.1) is 0 Å². The van der Waals surface area contributed by atoms with E-state index in [0.717, 1.165) is 34.4 Å². The van der Waals surface area contributed by atoms with Crippen LogP contribution in [0, 0.1) is 12.3 Å². The number of hydrogen-bond donors (Lipinski definition) is 1. The highest BCUT2D eigenvalue weighted by atomic mass is 35.5. The lowest BCUT2D eigenvalue weighted by atomic mass is 10.1. The first-order chi connectivity index (χ1) is 12.3. The SMILES string of the molecule is CC(=N)c1cnc(Cl)cc1C.CCCc1cc(SC)ccc1OC(F)F. The molecule has 0 spiro atoms. The molecule has 1 aromatic carbocycles. The molecule has 3 nitrogen and oxygen atoms in total. The van der Waals surface area contributed by atoms with Gasteiger partial charge in [-0.25, -0.2) is 4.98 Å². The van der Waals surface area contributed by atoms with Crippen LogP contribution in [0.4, 0.5) is 8.78 Å². The Labute approximate surface area is 162 Å². The zero-order valence-corrected chi connectivity index (χ0v) is 16.8. The number of benzene rings is 1. The molecule has 0 atom stereocenters. The van der Waals surface area contributed by atoms with Gasteiger partial charge in [0.1, 0.15) is 10.9 Å². The highest BCUT2D eigenvalue weighted by Crippen LogP contribution is 2.27. The molecule has 2 aromatic rings. The van der Waals surface area contributed by atoms with Crippen LogP contribution in [0.1, 0.15) is 37.0 Å². The molecule has 0 aliphatic heterocycles. The van der Waals surface area contributed by atoms with E-state index in [-0.39, 0.29) is 0 Å². The predicted octanol–water partition coefficient (Wildman–Crippen LogP) is 6.39. The summed E-state index contributed by atoms with van der Waals surface area (Å²) < 4.78 is 28.6. The van der Waals surface area contributed by atoms with Gasteiger partial charge in [0.2, 0.25) is 0 Å². The molecule has 7 heteroatoms. The summed E-state index contributed by atoms with van der Waals surface area (Å²) in [5.74, 6) is 0.296. The number of nitrogens with zero attached hydrogens (tertiary/aromatic N) is 1.